The van der Waals surface area contributed by atoms with Crippen LogP contribution in [0.3, 0.4) is 0 Å². The quantitative estimate of drug-likeness (QED) is 0.0344. The van der Waals surface area contributed by atoms with Gasteiger partial charge in [-0.3, -0.25) is 14.4 Å². The zero-order valence-corrected chi connectivity index (χ0v) is 43.2. The van der Waals surface area contributed by atoms with Gasteiger partial charge in [-0.15, -0.1) is 0 Å². The molecule has 0 bridgehead atoms. The van der Waals surface area contributed by atoms with E-state index in [0.29, 0.717) is 19.3 Å². The minimum atomic E-state index is -0.762. The lowest BCUT2D eigenvalue weighted by atomic mass is 9.99. The second-order valence-corrected chi connectivity index (χ2v) is 20.3. The lowest BCUT2D eigenvalue weighted by molar-refractivity contribution is -0.167. The fourth-order valence-corrected chi connectivity index (χ4v) is 8.66. The molecule has 0 saturated heterocycles. The van der Waals surface area contributed by atoms with E-state index in [0.717, 1.165) is 69.6 Å². The van der Waals surface area contributed by atoms with Crippen molar-refractivity contribution in [3.05, 3.63) is 0 Å². The summed E-state index contributed by atoms with van der Waals surface area (Å²) in [7, 11) is 0. The third-order valence-corrected chi connectivity index (χ3v) is 13.3. The zero-order valence-electron chi connectivity index (χ0n) is 43.2. The van der Waals surface area contributed by atoms with Gasteiger partial charge in [0.1, 0.15) is 13.2 Å². The van der Waals surface area contributed by atoms with Crippen molar-refractivity contribution in [2.45, 2.75) is 323 Å². The first-order valence-corrected chi connectivity index (χ1v) is 28.3. The van der Waals surface area contributed by atoms with Gasteiger partial charge in [0.15, 0.2) is 6.10 Å². The molecule has 0 aromatic rings. The van der Waals surface area contributed by atoms with Crippen LogP contribution in [0.25, 0.3) is 0 Å². The summed E-state index contributed by atoms with van der Waals surface area (Å²) in [6.07, 6.45) is 52.3. The highest BCUT2D eigenvalue weighted by molar-refractivity contribution is 5.71. The van der Waals surface area contributed by atoms with E-state index in [4.69, 9.17) is 14.2 Å². The van der Waals surface area contributed by atoms with Crippen LogP contribution in [0.2, 0.25) is 0 Å². The highest BCUT2D eigenvalue weighted by Crippen LogP contribution is 2.18. The molecule has 6 heteroatoms. The second kappa shape index (κ2) is 49.8. The number of rotatable bonds is 51. The number of esters is 3. The molecule has 0 N–H and O–H groups in total. The molecule has 0 fully saturated rings. The third kappa shape index (κ3) is 49.7. The number of carbonyl (C=O) groups excluding carboxylic acids is 3. The molecule has 63 heavy (non-hydrogen) atoms. The van der Waals surface area contributed by atoms with Crippen LogP contribution >= 0.6 is 0 Å². The lowest BCUT2D eigenvalue weighted by Crippen LogP contribution is -2.30. The molecule has 374 valence electrons. The van der Waals surface area contributed by atoms with E-state index in [9.17, 15) is 14.4 Å². The Kier molecular flexibility index (Phi) is 48.6. The first-order chi connectivity index (χ1) is 30.8. The monoisotopic (exact) mass is 891 g/mol. The summed E-state index contributed by atoms with van der Waals surface area (Å²) in [5.74, 6) is 0.861. The van der Waals surface area contributed by atoms with Gasteiger partial charge >= 0.3 is 17.9 Å². The normalized spacial score (nSPS) is 12.5. The predicted octanol–water partition coefficient (Wildman–Crippen LogP) is 18.5. The average Bonchev–Trinajstić information content (AvgIpc) is 3.27. The topological polar surface area (TPSA) is 78.9 Å². The summed E-state index contributed by atoms with van der Waals surface area (Å²) in [5, 5.41) is 0. The van der Waals surface area contributed by atoms with Gasteiger partial charge in [0, 0.05) is 19.3 Å². The van der Waals surface area contributed by atoms with Crippen LogP contribution in [-0.4, -0.2) is 37.2 Å². The molecule has 0 aromatic carbocycles. The van der Waals surface area contributed by atoms with E-state index in [2.05, 4.69) is 34.6 Å². The molecule has 0 aliphatic heterocycles. The van der Waals surface area contributed by atoms with Crippen LogP contribution in [0.1, 0.15) is 317 Å². The van der Waals surface area contributed by atoms with Crippen molar-refractivity contribution < 1.29 is 28.6 Å². The van der Waals surface area contributed by atoms with Crippen LogP contribution in [0.15, 0.2) is 0 Å². The fraction of sp³-hybridized carbons (Fsp3) is 0.947. The number of ether oxygens (including phenoxy) is 3. The minimum absolute atomic E-state index is 0.0630. The maximum Gasteiger partial charge on any atom is 0.306 e. The lowest BCUT2D eigenvalue weighted by Gasteiger charge is -2.18. The summed E-state index contributed by atoms with van der Waals surface area (Å²) in [5.41, 5.74) is 0. The van der Waals surface area contributed by atoms with Gasteiger partial charge in [0.05, 0.1) is 0 Å². The first-order valence-electron chi connectivity index (χ1n) is 28.3. The summed E-state index contributed by atoms with van der Waals surface area (Å²) < 4.78 is 16.9. The van der Waals surface area contributed by atoms with Crippen molar-refractivity contribution >= 4 is 17.9 Å². The highest BCUT2D eigenvalue weighted by Gasteiger charge is 2.19. The van der Waals surface area contributed by atoms with Gasteiger partial charge in [-0.05, 0) is 31.1 Å². The second-order valence-electron chi connectivity index (χ2n) is 20.3. The fourth-order valence-electron chi connectivity index (χ4n) is 8.66. The van der Waals surface area contributed by atoms with Crippen molar-refractivity contribution in [2.24, 2.45) is 11.8 Å². The van der Waals surface area contributed by atoms with E-state index in [1.54, 1.807) is 0 Å². The van der Waals surface area contributed by atoms with Gasteiger partial charge in [-0.2, -0.15) is 0 Å². The molecular formula is C57H110O6. The average molecular weight is 892 g/mol. The molecule has 0 aliphatic rings. The SMILES string of the molecule is CCCCCCCCCCCCCCCCCC(=O)OC[C@@H](COC(=O)CCCCCCCCCCCC(C)C)OC(=O)CCCCCCCCCCCCCCCCC(C)CC. The van der Waals surface area contributed by atoms with Gasteiger partial charge in [0.2, 0.25) is 0 Å². The Hall–Kier alpha value is -1.59. The molecule has 0 saturated carbocycles. The summed E-state index contributed by atoms with van der Waals surface area (Å²) in [4.78, 5) is 38.1. The van der Waals surface area contributed by atoms with Crippen LogP contribution < -0.4 is 0 Å². The van der Waals surface area contributed by atoms with E-state index in [1.165, 1.54) is 205 Å². The van der Waals surface area contributed by atoms with E-state index in [-0.39, 0.29) is 31.1 Å². The Morgan fingerprint density at radius 3 is 0.905 bits per heavy atom. The number of unbranched alkanes of at least 4 members (excludes halogenated alkanes) is 35. The number of carbonyl (C=O) groups is 3. The molecule has 0 heterocycles. The standard InChI is InChI=1S/C57H110O6/c1-6-8-9-10-11-12-13-14-15-19-22-27-32-37-42-47-55(58)61-50-54(51-62-56(59)48-43-38-33-29-24-25-30-35-40-45-52(3)4)63-57(60)49-44-39-34-28-23-20-17-16-18-21-26-31-36-41-46-53(5)7-2/h52-54H,6-51H2,1-5H3/t53?,54-/m0/s1. The molecule has 1 unspecified atom stereocenters. The van der Waals surface area contributed by atoms with Gasteiger partial charge < -0.3 is 14.2 Å². The zero-order chi connectivity index (χ0) is 46.1. The van der Waals surface area contributed by atoms with Crippen molar-refractivity contribution in [3.8, 4) is 0 Å². The molecule has 6 nitrogen and oxygen atoms in total. The Balaban J connectivity index is 4.29. The third-order valence-electron chi connectivity index (χ3n) is 13.3. The number of hydrogen-bond donors (Lipinski definition) is 0. The molecule has 0 spiro atoms. The van der Waals surface area contributed by atoms with Crippen LogP contribution in [0, 0.1) is 11.8 Å². The van der Waals surface area contributed by atoms with Crippen LogP contribution in [0.4, 0.5) is 0 Å². The first kappa shape index (κ1) is 61.4. The number of hydrogen-bond acceptors (Lipinski definition) is 6. The molecule has 0 aliphatic carbocycles. The Labute approximate surface area is 393 Å². The maximum absolute atomic E-state index is 12.8. The largest absolute Gasteiger partial charge is 0.462 e. The molecule has 0 radical (unpaired) electrons. The highest BCUT2D eigenvalue weighted by atomic mass is 16.6. The Bertz CT molecular complexity index is 964. The molecular weight excluding hydrogens is 781 g/mol. The minimum Gasteiger partial charge on any atom is -0.462 e. The van der Waals surface area contributed by atoms with Crippen molar-refractivity contribution in [1.29, 1.82) is 0 Å². The summed E-state index contributed by atoms with van der Waals surface area (Å²) in [6, 6.07) is 0. The smallest absolute Gasteiger partial charge is 0.306 e. The van der Waals surface area contributed by atoms with Crippen molar-refractivity contribution in [2.75, 3.05) is 13.2 Å². The van der Waals surface area contributed by atoms with Gasteiger partial charge in [0.25, 0.3) is 0 Å². The van der Waals surface area contributed by atoms with Gasteiger partial charge in [-0.25, -0.2) is 0 Å². The Morgan fingerprint density at radius 2 is 0.603 bits per heavy atom. The molecule has 0 aromatic heterocycles. The molecule has 0 amide bonds. The van der Waals surface area contributed by atoms with E-state index in [1.807, 2.05) is 0 Å². The molecule has 0 rings (SSSR count). The summed E-state index contributed by atoms with van der Waals surface area (Å²) in [6.45, 7) is 11.4. The van der Waals surface area contributed by atoms with Crippen LogP contribution in [-0.2, 0) is 28.6 Å². The van der Waals surface area contributed by atoms with E-state index >= 15 is 0 Å². The summed E-state index contributed by atoms with van der Waals surface area (Å²) >= 11 is 0. The Morgan fingerprint density at radius 1 is 0.333 bits per heavy atom. The van der Waals surface area contributed by atoms with Crippen molar-refractivity contribution in [3.63, 3.8) is 0 Å². The van der Waals surface area contributed by atoms with Gasteiger partial charge in [-0.1, -0.05) is 279 Å². The van der Waals surface area contributed by atoms with Crippen molar-refractivity contribution in [1.82, 2.24) is 0 Å². The maximum atomic E-state index is 12.8. The predicted molar refractivity (Wildman–Crippen MR) is 270 cm³/mol. The van der Waals surface area contributed by atoms with Crippen LogP contribution in [0.5, 0.6) is 0 Å². The van der Waals surface area contributed by atoms with E-state index < -0.39 is 6.10 Å². The molecule has 2 atom stereocenters.